The van der Waals surface area contributed by atoms with Crippen LogP contribution >= 0.6 is 11.6 Å². The summed E-state index contributed by atoms with van der Waals surface area (Å²) < 4.78 is 0. The van der Waals surface area contributed by atoms with Gasteiger partial charge in [0.15, 0.2) is 0 Å². The molecule has 0 radical (unpaired) electrons. The molecule has 1 aromatic heterocycles. The third kappa shape index (κ3) is 2.98. The first-order valence-electron chi connectivity index (χ1n) is 7.96. The summed E-state index contributed by atoms with van der Waals surface area (Å²) in [6, 6.07) is 13.3. The van der Waals surface area contributed by atoms with Gasteiger partial charge in [0.05, 0.1) is 22.8 Å². The fourth-order valence-electron chi connectivity index (χ4n) is 3.06. The minimum Gasteiger partial charge on any atom is -0.273 e. The van der Waals surface area contributed by atoms with Crippen molar-refractivity contribution in [1.82, 2.24) is 15.0 Å². The van der Waals surface area contributed by atoms with Crippen LogP contribution in [0.2, 0.25) is 5.02 Å². The van der Waals surface area contributed by atoms with Crippen molar-refractivity contribution in [3.63, 3.8) is 0 Å². The van der Waals surface area contributed by atoms with Gasteiger partial charge in [-0.1, -0.05) is 29.8 Å². The molecule has 2 aromatic carbocycles. The predicted molar refractivity (Wildman–Crippen MR) is 97.4 cm³/mol. The number of carbonyl (C=O) groups is 1. The minimum atomic E-state index is -0.144. The Balaban J connectivity index is 1.71. The lowest BCUT2D eigenvalue weighted by molar-refractivity contribution is -0.130. The second-order valence-electron chi connectivity index (χ2n) is 5.94. The molecule has 1 aliphatic heterocycles. The maximum Gasteiger partial charge on any atom is 0.240 e. The molecule has 0 saturated carbocycles. The molecule has 0 fully saturated rings. The van der Waals surface area contributed by atoms with Crippen LogP contribution in [0.5, 0.6) is 0 Å². The molecule has 25 heavy (non-hydrogen) atoms. The Morgan fingerprint density at radius 2 is 1.80 bits per heavy atom. The predicted octanol–water partition coefficient (Wildman–Crippen LogP) is 3.98. The van der Waals surface area contributed by atoms with Gasteiger partial charge in [-0.3, -0.25) is 14.8 Å². The van der Waals surface area contributed by atoms with Crippen molar-refractivity contribution in [1.29, 1.82) is 0 Å². The number of carbonyl (C=O) groups excluding carboxylic acids is 1. The molecule has 0 aliphatic carbocycles. The molecule has 1 amide bonds. The summed E-state index contributed by atoms with van der Waals surface area (Å²) in [5.41, 5.74) is 4.48. The summed E-state index contributed by atoms with van der Waals surface area (Å²) >= 11 is 5.96. The molecule has 6 heteroatoms. The second kappa shape index (κ2) is 6.26. The van der Waals surface area contributed by atoms with Gasteiger partial charge in [-0.15, -0.1) is 0 Å². The van der Waals surface area contributed by atoms with Crippen molar-refractivity contribution >= 4 is 34.3 Å². The molecule has 1 aliphatic rings. The summed E-state index contributed by atoms with van der Waals surface area (Å²) in [6.07, 6.45) is 3.98. The summed E-state index contributed by atoms with van der Waals surface area (Å²) in [5.74, 6) is -0.0896. The van der Waals surface area contributed by atoms with E-state index in [1.807, 2.05) is 42.5 Å². The fourth-order valence-corrected chi connectivity index (χ4v) is 3.19. The lowest BCUT2D eigenvalue weighted by atomic mass is 9.98. The van der Waals surface area contributed by atoms with Crippen LogP contribution < -0.4 is 0 Å². The molecule has 2 heterocycles. The van der Waals surface area contributed by atoms with Crippen LogP contribution in [0.4, 0.5) is 0 Å². The van der Waals surface area contributed by atoms with Crippen molar-refractivity contribution in [2.24, 2.45) is 5.10 Å². The summed E-state index contributed by atoms with van der Waals surface area (Å²) in [5, 5.41) is 6.77. The van der Waals surface area contributed by atoms with E-state index < -0.39 is 0 Å². The van der Waals surface area contributed by atoms with Crippen LogP contribution in [0, 0.1) is 0 Å². The number of rotatable bonds is 2. The molecule has 4 rings (SSSR count). The van der Waals surface area contributed by atoms with Gasteiger partial charge < -0.3 is 0 Å². The normalized spacial score (nSPS) is 17.0. The Hall–Kier alpha value is -2.79. The van der Waals surface area contributed by atoms with Crippen LogP contribution in [-0.2, 0) is 4.79 Å². The van der Waals surface area contributed by atoms with E-state index in [2.05, 4.69) is 15.1 Å². The van der Waals surface area contributed by atoms with E-state index in [4.69, 9.17) is 11.6 Å². The topological polar surface area (TPSA) is 58.5 Å². The largest absolute Gasteiger partial charge is 0.273 e. The van der Waals surface area contributed by atoms with E-state index in [0.29, 0.717) is 11.4 Å². The van der Waals surface area contributed by atoms with Crippen molar-refractivity contribution < 1.29 is 4.79 Å². The number of aromatic nitrogens is 2. The fraction of sp³-hybridized carbons (Fsp3) is 0.158. The van der Waals surface area contributed by atoms with Crippen molar-refractivity contribution in [3.8, 4) is 0 Å². The van der Waals surface area contributed by atoms with Gasteiger partial charge in [0, 0.05) is 30.8 Å². The van der Waals surface area contributed by atoms with Gasteiger partial charge in [-0.2, -0.15) is 5.10 Å². The standard InChI is InChI=1S/C19H15ClN4O/c1-12(25)24-19(11-17(23-24)13-2-5-15(20)6-3-13)14-4-7-16-18(10-14)22-9-8-21-16/h2-10,19H,11H2,1H3. The van der Waals surface area contributed by atoms with Crippen LogP contribution in [0.25, 0.3) is 11.0 Å². The molecule has 124 valence electrons. The Kier molecular flexibility index (Phi) is 3.93. The number of fused-ring (bicyclic) bond motifs is 1. The van der Waals surface area contributed by atoms with Crippen LogP contribution in [0.15, 0.2) is 60.0 Å². The van der Waals surface area contributed by atoms with E-state index in [-0.39, 0.29) is 11.9 Å². The van der Waals surface area contributed by atoms with E-state index >= 15 is 0 Å². The SMILES string of the molecule is CC(=O)N1N=C(c2ccc(Cl)cc2)CC1c1ccc2nccnc2c1. The third-order valence-electron chi connectivity index (χ3n) is 4.29. The van der Waals surface area contributed by atoms with E-state index in [0.717, 1.165) is 27.9 Å². The number of hydrazone groups is 1. The molecule has 0 spiro atoms. The van der Waals surface area contributed by atoms with E-state index in [1.165, 1.54) is 6.92 Å². The maximum atomic E-state index is 12.1. The average Bonchev–Trinajstić information content (AvgIpc) is 3.07. The number of hydrogen-bond acceptors (Lipinski definition) is 4. The Morgan fingerprint density at radius 1 is 1.08 bits per heavy atom. The number of amides is 1. The lowest BCUT2D eigenvalue weighted by Gasteiger charge is -2.20. The molecule has 5 nitrogen and oxygen atoms in total. The molecule has 1 unspecified atom stereocenters. The minimum absolute atomic E-state index is 0.0896. The van der Waals surface area contributed by atoms with Crippen molar-refractivity contribution in [2.45, 2.75) is 19.4 Å². The van der Waals surface area contributed by atoms with Crippen LogP contribution in [0.3, 0.4) is 0 Å². The molecule has 1 atom stereocenters. The Bertz CT molecular complexity index is 984. The first-order chi connectivity index (χ1) is 12.1. The number of benzene rings is 2. The number of hydrogen-bond donors (Lipinski definition) is 0. The zero-order chi connectivity index (χ0) is 17.4. The van der Waals surface area contributed by atoms with Gasteiger partial charge in [0.25, 0.3) is 0 Å². The van der Waals surface area contributed by atoms with Gasteiger partial charge >= 0.3 is 0 Å². The third-order valence-corrected chi connectivity index (χ3v) is 4.54. The highest BCUT2D eigenvalue weighted by molar-refractivity contribution is 6.30. The van der Waals surface area contributed by atoms with E-state index in [9.17, 15) is 4.79 Å². The van der Waals surface area contributed by atoms with Crippen molar-refractivity contribution in [3.05, 3.63) is 71.0 Å². The smallest absolute Gasteiger partial charge is 0.240 e. The highest BCUT2D eigenvalue weighted by Gasteiger charge is 2.31. The summed E-state index contributed by atoms with van der Waals surface area (Å²) in [6.45, 7) is 1.53. The Morgan fingerprint density at radius 3 is 2.52 bits per heavy atom. The highest BCUT2D eigenvalue weighted by atomic mass is 35.5. The monoisotopic (exact) mass is 350 g/mol. The van der Waals surface area contributed by atoms with Crippen LogP contribution in [-0.4, -0.2) is 26.6 Å². The quantitative estimate of drug-likeness (QED) is 0.702. The molecule has 3 aromatic rings. The second-order valence-corrected chi connectivity index (χ2v) is 6.38. The molecule has 0 N–H and O–H groups in total. The highest BCUT2D eigenvalue weighted by Crippen LogP contribution is 2.33. The lowest BCUT2D eigenvalue weighted by Crippen LogP contribution is -2.24. The summed E-state index contributed by atoms with van der Waals surface area (Å²) in [7, 11) is 0. The van der Waals surface area contributed by atoms with Gasteiger partial charge in [-0.25, -0.2) is 5.01 Å². The van der Waals surface area contributed by atoms with Crippen LogP contribution in [0.1, 0.15) is 30.5 Å². The van der Waals surface area contributed by atoms with Gasteiger partial charge in [-0.05, 0) is 35.4 Å². The molecular weight excluding hydrogens is 336 g/mol. The molecular formula is C19H15ClN4O. The number of nitrogens with zero attached hydrogens (tertiary/aromatic N) is 4. The first kappa shape index (κ1) is 15.7. The molecule has 0 saturated heterocycles. The summed E-state index contributed by atoms with van der Waals surface area (Å²) in [4.78, 5) is 20.7. The zero-order valence-electron chi connectivity index (χ0n) is 13.6. The zero-order valence-corrected chi connectivity index (χ0v) is 14.3. The molecule has 0 bridgehead atoms. The number of halogens is 1. The van der Waals surface area contributed by atoms with Crippen molar-refractivity contribution in [2.75, 3.05) is 0 Å². The van der Waals surface area contributed by atoms with Gasteiger partial charge in [0.2, 0.25) is 5.91 Å². The Labute approximate surface area is 150 Å². The maximum absolute atomic E-state index is 12.1. The average molecular weight is 351 g/mol. The van der Waals surface area contributed by atoms with Gasteiger partial charge in [0.1, 0.15) is 0 Å². The first-order valence-corrected chi connectivity index (χ1v) is 8.33. The van der Waals surface area contributed by atoms with E-state index in [1.54, 1.807) is 17.4 Å².